The van der Waals surface area contributed by atoms with Crippen molar-refractivity contribution in [2.24, 2.45) is 0 Å². The zero-order valence-corrected chi connectivity index (χ0v) is 12.4. The van der Waals surface area contributed by atoms with Crippen LogP contribution in [0.3, 0.4) is 0 Å². The van der Waals surface area contributed by atoms with E-state index in [1.165, 1.54) is 24.5 Å². The molecule has 0 saturated carbocycles. The third-order valence-corrected chi connectivity index (χ3v) is 2.99. The molecule has 0 atom stereocenters. The number of aromatic nitrogens is 6. The third kappa shape index (κ3) is 2.71. The molecule has 0 spiro atoms. The van der Waals surface area contributed by atoms with Crippen molar-refractivity contribution in [3.8, 4) is 29.2 Å². The maximum atomic E-state index is 5.02. The summed E-state index contributed by atoms with van der Waals surface area (Å²) in [5.41, 5.74) is 2.87. The molecular formula is C14H14N6O2. The van der Waals surface area contributed by atoms with Crippen LogP contribution in [0.5, 0.6) is 12.0 Å². The minimum atomic E-state index is 0.147. The Hall–Kier alpha value is -3.03. The maximum Gasteiger partial charge on any atom is 0.324 e. The lowest BCUT2D eigenvalue weighted by molar-refractivity contribution is 0.338. The Balaban J connectivity index is 1.98. The van der Waals surface area contributed by atoms with Crippen molar-refractivity contribution in [2.45, 2.75) is 6.92 Å². The van der Waals surface area contributed by atoms with Gasteiger partial charge in [0.25, 0.3) is 5.95 Å². The molecule has 0 unspecified atom stereocenters. The number of aryl methyl sites for hydroxylation is 1. The third-order valence-electron chi connectivity index (χ3n) is 2.99. The second kappa shape index (κ2) is 5.76. The lowest BCUT2D eigenvalue weighted by atomic mass is 10.1. The van der Waals surface area contributed by atoms with Crippen LogP contribution < -0.4 is 9.47 Å². The molecule has 2 heterocycles. The fourth-order valence-electron chi connectivity index (χ4n) is 1.83. The van der Waals surface area contributed by atoms with E-state index in [-0.39, 0.29) is 18.0 Å². The van der Waals surface area contributed by atoms with Crippen molar-refractivity contribution in [1.29, 1.82) is 0 Å². The fourth-order valence-corrected chi connectivity index (χ4v) is 1.83. The molecule has 22 heavy (non-hydrogen) atoms. The largest absolute Gasteiger partial charge is 0.467 e. The van der Waals surface area contributed by atoms with Gasteiger partial charge in [0, 0.05) is 5.56 Å². The molecule has 0 N–H and O–H groups in total. The van der Waals surface area contributed by atoms with Crippen LogP contribution in [0.15, 0.2) is 30.5 Å². The normalized spacial score (nSPS) is 10.5. The van der Waals surface area contributed by atoms with Crippen molar-refractivity contribution >= 4 is 0 Å². The van der Waals surface area contributed by atoms with E-state index in [4.69, 9.17) is 9.47 Å². The SMILES string of the molecule is COc1nc(OC)nc(-n2cc(-c3ccc(C)cc3)nn2)n1. The van der Waals surface area contributed by atoms with Crippen LogP contribution >= 0.6 is 0 Å². The van der Waals surface area contributed by atoms with Crippen molar-refractivity contribution in [1.82, 2.24) is 29.9 Å². The number of hydrogen-bond donors (Lipinski definition) is 0. The molecule has 112 valence electrons. The van der Waals surface area contributed by atoms with E-state index in [0.717, 1.165) is 11.3 Å². The average molecular weight is 298 g/mol. The monoisotopic (exact) mass is 298 g/mol. The molecule has 0 aliphatic heterocycles. The average Bonchev–Trinajstić information content (AvgIpc) is 3.05. The van der Waals surface area contributed by atoms with Crippen LogP contribution in [-0.2, 0) is 0 Å². The minimum Gasteiger partial charge on any atom is -0.467 e. The lowest BCUT2D eigenvalue weighted by Crippen LogP contribution is -2.07. The topological polar surface area (TPSA) is 87.8 Å². The highest BCUT2D eigenvalue weighted by Gasteiger charge is 2.12. The number of benzene rings is 1. The Bertz CT molecular complexity index is 762. The maximum absolute atomic E-state index is 5.02. The Morgan fingerprint density at radius 2 is 1.55 bits per heavy atom. The quantitative estimate of drug-likeness (QED) is 0.720. The summed E-state index contributed by atoms with van der Waals surface area (Å²) >= 11 is 0. The van der Waals surface area contributed by atoms with Crippen LogP contribution in [0.4, 0.5) is 0 Å². The minimum absolute atomic E-state index is 0.147. The highest BCUT2D eigenvalue weighted by Crippen LogP contribution is 2.18. The van der Waals surface area contributed by atoms with Crippen LogP contribution in [0.1, 0.15) is 5.56 Å². The van der Waals surface area contributed by atoms with Crippen molar-refractivity contribution in [3.63, 3.8) is 0 Å². The first-order valence-corrected chi connectivity index (χ1v) is 6.53. The summed E-state index contributed by atoms with van der Waals surface area (Å²) in [6.45, 7) is 2.03. The first-order valence-electron chi connectivity index (χ1n) is 6.53. The van der Waals surface area contributed by atoms with E-state index in [1.54, 1.807) is 6.20 Å². The van der Waals surface area contributed by atoms with Gasteiger partial charge in [-0.05, 0) is 6.92 Å². The van der Waals surface area contributed by atoms with Gasteiger partial charge in [0.1, 0.15) is 5.69 Å². The van der Waals surface area contributed by atoms with E-state index >= 15 is 0 Å². The molecule has 0 aliphatic carbocycles. The van der Waals surface area contributed by atoms with Gasteiger partial charge in [-0.15, -0.1) is 10.1 Å². The molecule has 3 rings (SSSR count). The molecule has 1 aromatic carbocycles. The Morgan fingerprint density at radius 1 is 0.909 bits per heavy atom. The number of ether oxygens (including phenoxy) is 2. The Kier molecular flexibility index (Phi) is 3.65. The van der Waals surface area contributed by atoms with E-state index in [0.29, 0.717) is 0 Å². The van der Waals surface area contributed by atoms with Gasteiger partial charge in [-0.2, -0.15) is 14.6 Å². The summed E-state index contributed by atoms with van der Waals surface area (Å²) in [5.74, 6) is 0.273. The predicted molar refractivity (Wildman–Crippen MR) is 78.0 cm³/mol. The number of methoxy groups -OCH3 is 2. The predicted octanol–water partition coefficient (Wildman–Crippen LogP) is 1.44. The second-order valence-electron chi connectivity index (χ2n) is 4.52. The van der Waals surface area contributed by atoms with E-state index in [1.807, 2.05) is 31.2 Å². The van der Waals surface area contributed by atoms with Crippen molar-refractivity contribution in [2.75, 3.05) is 14.2 Å². The van der Waals surface area contributed by atoms with Gasteiger partial charge in [0.15, 0.2) is 0 Å². The van der Waals surface area contributed by atoms with Gasteiger partial charge in [0.2, 0.25) is 0 Å². The van der Waals surface area contributed by atoms with E-state index in [2.05, 4.69) is 25.3 Å². The molecule has 8 nitrogen and oxygen atoms in total. The fraction of sp³-hybridized carbons (Fsp3) is 0.214. The summed E-state index contributed by atoms with van der Waals surface area (Å²) < 4.78 is 11.5. The molecule has 0 fully saturated rings. The van der Waals surface area contributed by atoms with Gasteiger partial charge in [-0.25, -0.2) is 0 Å². The van der Waals surface area contributed by atoms with Crippen LogP contribution in [-0.4, -0.2) is 44.2 Å². The van der Waals surface area contributed by atoms with E-state index < -0.39 is 0 Å². The first-order chi connectivity index (χ1) is 10.7. The Labute approximate surface area is 126 Å². The zero-order valence-electron chi connectivity index (χ0n) is 12.4. The molecule has 0 aliphatic rings. The summed E-state index contributed by atoms with van der Waals surface area (Å²) in [7, 11) is 2.94. The van der Waals surface area contributed by atoms with Crippen LogP contribution in [0.25, 0.3) is 17.2 Å². The smallest absolute Gasteiger partial charge is 0.324 e. The summed E-state index contributed by atoms with van der Waals surface area (Å²) in [5, 5.41) is 8.17. The molecule has 0 amide bonds. The highest BCUT2D eigenvalue weighted by molar-refractivity contribution is 5.58. The van der Waals surface area contributed by atoms with Gasteiger partial charge >= 0.3 is 12.0 Å². The molecule has 0 radical (unpaired) electrons. The second-order valence-corrected chi connectivity index (χ2v) is 4.52. The van der Waals surface area contributed by atoms with Crippen LogP contribution in [0, 0.1) is 6.92 Å². The first kappa shape index (κ1) is 13.9. The van der Waals surface area contributed by atoms with Crippen molar-refractivity contribution < 1.29 is 9.47 Å². The standard InChI is InChI=1S/C14H14N6O2/c1-9-4-6-10(7-5-9)11-8-20(19-18-11)12-15-13(21-2)17-14(16-12)22-3/h4-8H,1-3H3. The van der Waals surface area contributed by atoms with Crippen molar-refractivity contribution in [3.05, 3.63) is 36.0 Å². The van der Waals surface area contributed by atoms with E-state index in [9.17, 15) is 0 Å². The highest BCUT2D eigenvalue weighted by atomic mass is 16.5. The summed E-state index contributed by atoms with van der Waals surface area (Å²) in [6, 6.07) is 8.30. The number of hydrogen-bond acceptors (Lipinski definition) is 7. The molecular weight excluding hydrogens is 284 g/mol. The van der Waals surface area contributed by atoms with Gasteiger partial charge in [0.05, 0.1) is 20.4 Å². The number of nitrogens with zero attached hydrogens (tertiary/aromatic N) is 6. The van der Waals surface area contributed by atoms with Gasteiger partial charge in [-0.1, -0.05) is 35.0 Å². The summed E-state index contributed by atoms with van der Waals surface area (Å²) in [4.78, 5) is 12.2. The molecule has 0 bridgehead atoms. The molecule has 3 aromatic rings. The number of rotatable bonds is 4. The zero-order chi connectivity index (χ0) is 15.5. The van der Waals surface area contributed by atoms with Gasteiger partial charge in [-0.3, -0.25) is 0 Å². The Morgan fingerprint density at radius 3 is 2.14 bits per heavy atom. The molecule has 8 heteroatoms. The summed E-state index contributed by atoms with van der Waals surface area (Å²) in [6.07, 6.45) is 1.74. The van der Waals surface area contributed by atoms with Gasteiger partial charge < -0.3 is 9.47 Å². The lowest BCUT2D eigenvalue weighted by Gasteiger charge is -2.03. The van der Waals surface area contributed by atoms with Crippen LogP contribution in [0.2, 0.25) is 0 Å². The molecule has 2 aromatic heterocycles. The molecule has 0 saturated heterocycles.